The largest absolute Gasteiger partial charge is 0.299 e. The molecule has 18 heavy (non-hydrogen) atoms. The molecule has 2 atom stereocenters. The fourth-order valence-electron chi connectivity index (χ4n) is 3.45. The van der Waals surface area contributed by atoms with Crippen molar-refractivity contribution in [3.8, 4) is 0 Å². The SMILES string of the molecule is O=C(Cc1cc(F)ccc1F)C1C2CCCCC21. The van der Waals surface area contributed by atoms with Crippen LogP contribution in [0.5, 0.6) is 0 Å². The van der Waals surface area contributed by atoms with Gasteiger partial charge in [0.05, 0.1) is 0 Å². The molecule has 1 nitrogen and oxygen atoms in total. The highest BCUT2D eigenvalue weighted by Gasteiger charge is 2.53. The van der Waals surface area contributed by atoms with E-state index in [1.54, 1.807) is 0 Å². The zero-order valence-corrected chi connectivity index (χ0v) is 10.2. The van der Waals surface area contributed by atoms with Gasteiger partial charge >= 0.3 is 0 Å². The molecule has 0 amide bonds. The van der Waals surface area contributed by atoms with E-state index in [1.807, 2.05) is 0 Å². The Hall–Kier alpha value is -1.25. The van der Waals surface area contributed by atoms with Gasteiger partial charge in [0.1, 0.15) is 17.4 Å². The highest BCUT2D eigenvalue weighted by Crippen LogP contribution is 2.56. The van der Waals surface area contributed by atoms with E-state index < -0.39 is 11.6 Å². The summed E-state index contributed by atoms with van der Waals surface area (Å²) in [5.74, 6) is 0.318. The van der Waals surface area contributed by atoms with Gasteiger partial charge in [0.15, 0.2) is 0 Å². The number of Topliss-reactive ketones (excluding diaryl/α,β-unsaturated/α-hetero) is 1. The second kappa shape index (κ2) is 4.45. The monoisotopic (exact) mass is 250 g/mol. The summed E-state index contributed by atoms with van der Waals surface area (Å²) in [5.41, 5.74) is 0.198. The lowest BCUT2D eigenvalue weighted by atomic mass is 10.0. The molecule has 0 heterocycles. The second-order valence-corrected chi connectivity index (χ2v) is 5.52. The number of rotatable bonds is 3. The van der Waals surface area contributed by atoms with Gasteiger partial charge in [-0.15, -0.1) is 0 Å². The predicted molar refractivity (Wildman–Crippen MR) is 64.0 cm³/mol. The molecule has 2 fully saturated rings. The molecule has 96 valence electrons. The predicted octanol–water partition coefficient (Wildman–Crippen LogP) is 3.51. The first-order valence-corrected chi connectivity index (χ1v) is 6.63. The van der Waals surface area contributed by atoms with Crippen LogP contribution in [0.15, 0.2) is 18.2 Å². The molecule has 1 aromatic rings. The van der Waals surface area contributed by atoms with E-state index in [2.05, 4.69) is 0 Å². The highest BCUT2D eigenvalue weighted by molar-refractivity contribution is 5.86. The average molecular weight is 250 g/mol. The molecule has 2 saturated carbocycles. The summed E-state index contributed by atoms with van der Waals surface area (Å²) in [6.45, 7) is 0. The van der Waals surface area contributed by atoms with Gasteiger partial charge in [0.2, 0.25) is 0 Å². The number of hydrogen-bond donors (Lipinski definition) is 0. The molecular formula is C15H16F2O. The van der Waals surface area contributed by atoms with Crippen LogP contribution < -0.4 is 0 Å². The van der Waals surface area contributed by atoms with Crippen molar-refractivity contribution in [3.63, 3.8) is 0 Å². The third kappa shape index (κ3) is 2.06. The zero-order chi connectivity index (χ0) is 12.7. The molecule has 0 radical (unpaired) electrons. The van der Waals surface area contributed by atoms with Gasteiger partial charge in [0.25, 0.3) is 0 Å². The molecule has 0 saturated heterocycles. The summed E-state index contributed by atoms with van der Waals surface area (Å²) < 4.78 is 26.5. The Kier molecular flexibility index (Phi) is 2.92. The van der Waals surface area contributed by atoms with E-state index in [0.29, 0.717) is 11.8 Å². The van der Waals surface area contributed by atoms with Crippen LogP contribution in [0.2, 0.25) is 0 Å². The Bertz CT molecular complexity index is 471. The third-order valence-corrected chi connectivity index (χ3v) is 4.40. The van der Waals surface area contributed by atoms with E-state index in [4.69, 9.17) is 0 Å². The van der Waals surface area contributed by atoms with E-state index >= 15 is 0 Å². The molecule has 3 rings (SSSR count). The fourth-order valence-corrected chi connectivity index (χ4v) is 3.45. The van der Waals surface area contributed by atoms with E-state index in [-0.39, 0.29) is 23.7 Å². The number of carbonyl (C=O) groups is 1. The summed E-state index contributed by atoms with van der Waals surface area (Å²) in [6, 6.07) is 3.32. The summed E-state index contributed by atoms with van der Waals surface area (Å²) >= 11 is 0. The molecule has 0 aromatic heterocycles. The van der Waals surface area contributed by atoms with Crippen molar-refractivity contribution in [3.05, 3.63) is 35.4 Å². The van der Waals surface area contributed by atoms with Crippen molar-refractivity contribution in [1.29, 1.82) is 0 Å². The number of carbonyl (C=O) groups excluding carboxylic acids is 1. The fraction of sp³-hybridized carbons (Fsp3) is 0.533. The maximum absolute atomic E-state index is 13.5. The number of halogens is 2. The van der Waals surface area contributed by atoms with Crippen LogP contribution in [-0.4, -0.2) is 5.78 Å². The molecule has 0 bridgehead atoms. The molecule has 1 aromatic carbocycles. The highest BCUT2D eigenvalue weighted by atomic mass is 19.1. The van der Waals surface area contributed by atoms with Gasteiger partial charge in [-0.05, 0) is 48.4 Å². The molecule has 0 N–H and O–H groups in total. The summed E-state index contributed by atoms with van der Waals surface area (Å²) in [5, 5.41) is 0. The lowest BCUT2D eigenvalue weighted by Gasteiger charge is -2.04. The first kappa shape index (κ1) is 11.8. The van der Waals surface area contributed by atoms with Crippen molar-refractivity contribution in [2.45, 2.75) is 32.1 Å². The Labute approximate surface area is 105 Å². The molecule has 0 aliphatic heterocycles. The first-order chi connectivity index (χ1) is 8.66. The van der Waals surface area contributed by atoms with Crippen LogP contribution in [0.25, 0.3) is 0 Å². The lowest BCUT2D eigenvalue weighted by molar-refractivity contribution is -0.120. The summed E-state index contributed by atoms with van der Waals surface area (Å²) in [6.07, 6.45) is 4.72. The van der Waals surface area contributed by atoms with E-state index in [9.17, 15) is 13.6 Å². The van der Waals surface area contributed by atoms with Crippen LogP contribution in [-0.2, 0) is 11.2 Å². The van der Waals surface area contributed by atoms with Gasteiger partial charge in [-0.3, -0.25) is 4.79 Å². The lowest BCUT2D eigenvalue weighted by Crippen LogP contribution is -2.09. The van der Waals surface area contributed by atoms with Crippen molar-refractivity contribution < 1.29 is 13.6 Å². The number of ketones is 1. The van der Waals surface area contributed by atoms with Crippen LogP contribution in [0.1, 0.15) is 31.2 Å². The number of benzene rings is 1. The van der Waals surface area contributed by atoms with Crippen molar-refractivity contribution in [2.24, 2.45) is 17.8 Å². The minimum absolute atomic E-state index is 0.0429. The summed E-state index contributed by atoms with van der Waals surface area (Å²) in [7, 11) is 0. The molecule has 0 spiro atoms. The zero-order valence-electron chi connectivity index (χ0n) is 10.2. The molecule has 2 aliphatic carbocycles. The van der Waals surface area contributed by atoms with Gasteiger partial charge in [-0.1, -0.05) is 12.8 Å². The first-order valence-electron chi connectivity index (χ1n) is 6.63. The number of fused-ring (bicyclic) bond motifs is 1. The third-order valence-electron chi connectivity index (χ3n) is 4.40. The second-order valence-electron chi connectivity index (χ2n) is 5.52. The maximum Gasteiger partial charge on any atom is 0.141 e. The smallest absolute Gasteiger partial charge is 0.141 e. The Balaban J connectivity index is 1.69. The Morgan fingerprint density at radius 1 is 1.17 bits per heavy atom. The molecule has 2 unspecified atom stereocenters. The van der Waals surface area contributed by atoms with Crippen LogP contribution in [0.3, 0.4) is 0 Å². The topological polar surface area (TPSA) is 17.1 Å². The van der Waals surface area contributed by atoms with Gasteiger partial charge < -0.3 is 0 Å². The van der Waals surface area contributed by atoms with Gasteiger partial charge in [-0.25, -0.2) is 8.78 Å². The van der Waals surface area contributed by atoms with Gasteiger partial charge in [-0.2, -0.15) is 0 Å². The van der Waals surface area contributed by atoms with E-state index in [0.717, 1.165) is 31.0 Å². The maximum atomic E-state index is 13.5. The number of hydrogen-bond acceptors (Lipinski definition) is 1. The average Bonchev–Trinajstić information content (AvgIpc) is 3.08. The quantitative estimate of drug-likeness (QED) is 0.802. The molecule has 2 aliphatic rings. The van der Waals surface area contributed by atoms with Crippen LogP contribution in [0, 0.1) is 29.4 Å². The van der Waals surface area contributed by atoms with E-state index in [1.165, 1.54) is 12.8 Å². The standard InChI is InChI=1S/C15H16F2O/c16-10-5-6-13(17)9(7-10)8-14(18)15-11-3-1-2-4-12(11)15/h5-7,11-12,15H,1-4,8H2. The minimum atomic E-state index is -0.479. The van der Waals surface area contributed by atoms with Crippen molar-refractivity contribution in [2.75, 3.05) is 0 Å². The Morgan fingerprint density at radius 2 is 1.83 bits per heavy atom. The molecular weight excluding hydrogens is 234 g/mol. The van der Waals surface area contributed by atoms with Crippen molar-refractivity contribution >= 4 is 5.78 Å². The molecule has 3 heteroatoms. The normalized spacial score (nSPS) is 29.8. The summed E-state index contributed by atoms with van der Waals surface area (Å²) in [4.78, 5) is 12.1. The Morgan fingerprint density at radius 3 is 2.50 bits per heavy atom. The minimum Gasteiger partial charge on any atom is -0.299 e. The van der Waals surface area contributed by atoms with Crippen molar-refractivity contribution in [1.82, 2.24) is 0 Å². The van der Waals surface area contributed by atoms with Crippen LogP contribution >= 0.6 is 0 Å². The van der Waals surface area contributed by atoms with Gasteiger partial charge in [0, 0.05) is 12.3 Å². The van der Waals surface area contributed by atoms with Crippen LogP contribution in [0.4, 0.5) is 8.78 Å².